The summed E-state index contributed by atoms with van der Waals surface area (Å²) < 4.78 is 0. The van der Waals surface area contributed by atoms with Gasteiger partial charge in [-0.25, -0.2) is 0 Å². The summed E-state index contributed by atoms with van der Waals surface area (Å²) in [4.78, 5) is 10.7. The largest absolute Gasteiger partial charge is 0.508 e. The molecule has 0 bridgehead atoms. The minimum absolute atomic E-state index is 0.216. The summed E-state index contributed by atoms with van der Waals surface area (Å²) in [6.45, 7) is 2.18. The normalized spacial score (nSPS) is 24.3. The Balaban J connectivity index is 1.89. The van der Waals surface area contributed by atoms with Crippen LogP contribution in [-0.4, -0.2) is 11.0 Å². The van der Waals surface area contributed by atoms with Crippen LogP contribution in [0.3, 0.4) is 0 Å². The molecule has 0 spiro atoms. The maximum atomic E-state index is 10.7. The van der Waals surface area contributed by atoms with Crippen molar-refractivity contribution in [1.29, 1.82) is 0 Å². The first kappa shape index (κ1) is 12.0. The van der Waals surface area contributed by atoms with Crippen LogP contribution in [0, 0.1) is 11.8 Å². The lowest BCUT2D eigenvalue weighted by atomic mass is 9.96. The average Bonchev–Trinajstić information content (AvgIpc) is 3.05. The van der Waals surface area contributed by atoms with Crippen molar-refractivity contribution in [3.05, 3.63) is 29.8 Å². The average molecular weight is 233 g/mol. The molecule has 1 aromatic rings. The highest BCUT2D eigenvalue weighted by Gasteiger charge is 2.41. The van der Waals surface area contributed by atoms with E-state index in [2.05, 4.69) is 13.0 Å². The number of hydrogen-bond acceptors (Lipinski definition) is 2. The van der Waals surface area contributed by atoms with E-state index in [4.69, 9.17) is 5.73 Å². The van der Waals surface area contributed by atoms with E-state index in [1.54, 1.807) is 6.07 Å². The van der Waals surface area contributed by atoms with Crippen LogP contribution in [0.4, 0.5) is 0 Å². The van der Waals surface area contributed by atoms with Crippen molar-refractivity contribution in [1.82, 2.24) is 0 Å². The summed E-state index contributed by atoms with van der Waals surface area (Å²) in [5, 5.41) is 9.43. The molecule has 17 heavy (non-hydrogen) atoms. The first-order valence-corrected chi connectivity index (χ1v) is 6.15. The fourth-order valence-corrected chi connectivity index (χ4v) is 2.57. The maximum Gasteiger partial charge on any atom is 0.217 e. The predicted octanol–water partition coefficient (Wildman–Crippen LogP) is 2.40. The lowest BCUT2D eigenvalue weighted by Gasteiger charge is -2.09. The van der Waals surface area contributed by atoms with E-state index in [9.17, 15) is 9.90 Å². The Morgan fingerprint density at radius 2 is 2.35 bits per heavy atom. The van der Waals surface area contributed by atoms with E-state index in [1.807, 2.05) is 12.1 Å². The van der Waals surface area contributed by atoms with Crippen molar-refractivity contribution < 1.29 is 9.90 Å². The Morgan fingerprint density at radius 1 is 1.59 bits per heavy atom. The third-order valence-corrected chi connectivity index (χ3v) is 3.72. The number of rotatable bonds is 5. The van der Waals surface area contributed by atoms with Crippen molar-refractivity contribution in [3.63, 3.8) is 0 Å². The number of hydrogen-bond donors (Lipinski definition) is 2. The van der Waals surface area contributed by atoms with Gasteiger partial charge in [-0.15, -0.1) is 0 Å². The molecule has 1 aromatic carbocycles. The van der Waals surface area contributed by atoms with Gasteiger partial charge >= 0.3 is 0 Å². The minimum Gasteiger partial charge on any atom is -0.508 e. The molecule has 2 rings (SSSR count). The quantitative estimate of drug-likeness (QED) is 0.820. The second kappa shape index (κ2) is 4.78. The molecule has 0 aliphatic heterocycles. The molecule has 0 heterocycles. The fraction of sp³-hybridized carbons (Fsp3) is 0.500. The Kier molecular flexibility index (Phi) is 3.36. The first-order chi connectivity index (χ1) is 8.08. The molecule has 3 atom stereocenters. The summed E-state index contributed by atoms with van der Waals surface area (Å²) >= 11 is 0. The van der Waals surface area contributed by atoms with Crippen LogP contribution >= 0.6 is 0 Å². The molecule has 1 saturated carbocycles. The zero-order valence-electron chi connectivity index (χ0n) is 10.1. The van der Waals surface area contributed by atoms with Gasteiger partial charge in [-0.2, -0.15) is 0 Å². The lowest BCUT2D eigenvalue weighted by molar-refractivity contribution is -0.118. The second-order valence-electron chi connectivity index (χ2n) is 5.08. The van der Waals surface area contributed by atoms with Crippen molar-refractivity contribution in [2.45, 2.75) is 32.1 Å². The standard InChI is InChI=1S/C14H19NO2/c1-9(5-6-14(15)17)12-8-13(12)10-3-2-4-11(16)7-10/h2-4,7,9,12-13,16H,5-6,8H2,1H3,(H2,15,17). The van der Waals surface area contributed by atoms with Crippen molar-refractivity contribution in [3.8, 4) is 5.75 Å². The fourth-order valence-electron chi connectivity index (χ4n) is 2.57. The number of nitrogens with two attached hydrogens (primary N) is 1. The molecular formula is C14H19NO2. The van der Waals surface area contributed by atoms with Gasteiger partial charge in [0.2, 0.25) is 5.91 Å². The summed E-state index contributed by atoms with van der Waals surface area (Å²) in [5.41, 5.74) is 6.36. The van der Waals surface area contributed by atoms with Crippen LogP contribution in [0.2, 0.25) is 0 Å². The van der Waals surface area contributed by atoms with Gasteiger partial charge < -0.3 is 10.8 Å². The molecule has 1 aliphatic carbocycles. The van der Waals surface area contributed by atoms with Crippen LogP contribution < -0.4 is 5.73 Å². The molecule has 1 amide bonds. The van der Waals surface area contributed by atoms with E-state index in [0.717, 1.165) is 12.8 Å². The summed E-state index contributed by atoms with van der Waals surface area (Å²) in [7, 11) is 0. The van der Waals surface area contributed by atoms with Crippen LogP contribution in [-0.2, 0) is 4.79 Å². The summed E-state index contributed by atoms with van der Waals surface area (Å²) in [6.07, 6.45) is 2.50. The number of phenols is 1. The molecule has 3 heteroatoms. The number of phenolic OH excluding ortho intramolecular Hbond substituents is 1. The molecular weight excluding hydrogens is 214 g/mol. The number of aromatic hydroxyl groups is 1. The first-order valence-electron chi connectivity index (χ1n) is 6.15. The Bertz CT molecular complexity index is 416. The van der Waals surface area contributed by atoms with E-state index in [-0.39, 0.29) is 5.91 Å². The Labute approximate surface area is 102 Å². The number of carbonyl (C=O) groups is 1. The van der Waals surface area contributed by atoms with E-state index in [0.29, 0.717) is 29.9 Å². The van der Waals surface area contributed by atoms with Gasteiger partial charge in [0, 0.05) is 6.42 Å². The third kappa shape index (κ3) is 2.99. The number of amides is 1. The van der Waals surface area contributed by atoms with Gasteiger partial charge in [0.05, 0.1) is 0 Å². The monoisotopic (exact) mass is 233 g/mol. The Hall–Kier alpha value is -1.51. The highest BCUT2D eigenvalue weighted by Crippen LogP contribution is 2.53. The van der Waals surface area contributed by atoms with Gasteiger partial charge in [0.25, 0.3) is 0 Å². The number of benzene rings is 1. The van der Waals surface area contributed by atoms with Crippen LogP contribution in [0.25, 0.3) is 0 Å². The van der Waals surface area contributed by atoms with Gasteiger partial charge in [-0.1, -0.05) is 19.1 Å². The highest BCUT2D eigenvalue weighted by atomic mass is 16.3. The minimum atomic E-state index is -0.216. The topological polar surface area (TPSA) is 63.3 Å². The molecule has 3 unspecified atom stereocenters. The second-order valence-corrected chi connectivity index (χ2v) is 5.08. The van der Waals surface area contributed by atoms with Crippen LogP contribution in [0.5, 0.6) is 5.75 Å². The summed E-state index contributed by atoms with van der Waals surface area (Å²) in [6, 6.07) is 7.47. The summed E-state index contributed by atoms with van der Waals surface area (Å²) in [5.74, 6) is 1.82. The van der Waals surface area contributed by atoms with Gasteiger partial charge in [0.1, 0.15) is 5.75 Å². The molecule has 3 nitrogen and oxygen atoms in total. The van der Waals surface area contributed by atoms with Crippen molar-refractivity contribution in [2.75, 3.05) is 0 Å². The van der Waals surface area contributed by atoms with Gasteiger partial charge in [-0.05, 0) is 48.3 Å². The highest BCUT2D eigenvalue weighted by molar-refractivity contribution is 5.73. The molecule has 1 aliphatic rings. The predicted molar refractivity (Wildman–Crippen MR) is 66.5 cm³/mol. The third-order valence-electron chi connectivity index (χ3n) is 3.72. The van der Waals surface area contributed by atoms with Crippen molar-refractivity contribution in [2.24, 2.45) is 17.6 Å². The van der Waals surface area contributed by atoms with E-state index in [1.165, 1.54) is 5.56 Å². The van der Waals surface area contributed by atoms with E-state index < -0.39 is 0 Å². The zero-order chi connectivity index (χ0) is 12.4. The smallest absolute Gasteiger partial charge is 0.217 e. The van der Waals surface area contributed by atoms with Gasteiger partial charge in [0.15, 0.2) is 0 Å². The van der Waals surface area contributed by atoms with Crippen LogP contribution in [0.15, 0.2) is 24.3 Å². The Morgan fingerprint density at radius 3 is 3.00 bits per heavy atom. The lowest BCUT2D eigenvalue weighted by Crippen LogP contribution is -2.12. The number of carbonyl (C=O) groups excluding carboxylic acids is 1. The molecule has 1 fully saturated rings. The molecule has 3 N–H and O–H groups in total. The molecule has 0 saturated heterocycles. The van der Waals surface area contributed by atoms with Gasteiger partial charge in [-0.3, -0.25) is 4.79 Å². The number of primary amides is 1. The molecule has 92 valence electrons. The molecule has 0 radical (unpaired) electrons. The maximum absolute atomic E-state index is 10.7. The van der Waals surface area contributed by atoms with Crippen molar-refractivity contribution >= 4 is 5.91 Å². The molecule has 0 aromatic heterocycles. The van der Waals surface area contributed by atoms with Crippen LogP contribution in [0.1, 0.15) is 37.7 Å². The SMILES string of the molecule is CC(CCC(N)=O)C1CC1c1cccc(O)c1. The van der Waals surface area contributed by atoms with E-state index >= 15 is 0 Å². The zero-order valence-corrected chi connectivity index (χ0v) is 10.1.